The molecular formula is C18H26N4OS. The average Bonchev–Trinajstić information content (AvgIpc) is 2.99. The van der Waals surface area contributed by atoms with Crippen molar-refractivity contribution >= 4 is 17.3 Å². The second-order valence-corrected chi connectivity index (χ2v) is 6.82. The summed E-state index contributed by atoms with van der Waals surface area (Å²) < 4.78 is 5.85. The number of guanidine groups is 1. The van der Waals surface area contributed by atoms with Gasteiger partial charge in [0.15, 0.2) is 5.96 Å². The van der Waals surface area contributed by atoms with Crippen LogP contribution in [0.5, 0.6) is 5.75 Å². The van der Waals surface area contributed by atoms with Crippen molar-refractivity contribution in [2.24, 2.45) is 4.99 Å². The van der Waals surface area contributed by atoms with Crippen molar-refractivity contribution in [3.63, 3.8) is 0 Å². The quantitative estimate of drug-likeness (QED) is 0.570. The van der Waals surface area contributed by atoms with Crippen LogP contribution in [0.25, 0.3) is 0 Å². The summed E-state index contributed by atoms with van der Waals surface area (Å²) >= 11 is 1.74. The van der Waals surface area contributed by atoms with Crippen LogP contribution in [0.4, 0.5) is 0 Å². The number of nitrogens with one attached hydrogen (secondary N) is 2. The minimum atomic E-state index is 0.0180. The monoisotopic (exact) mass is 346 g/mol. The van der Waals surface area contributed by atoms with Gasteiger partial charge < -0.3 is 15.4 Å². The number of rotatable bonds is 8. The number of aromatic nitrogens is 1. The molecule has 0 saturated carbocycles. The van der Waals surface area contributed by atoms with Crippen LogP contribution in [0.3, 0.4) is 0 Å². The Hall–Kier alpha value is -2.08. The highest BCUT2D eigenvalue weighted by Gasteiger charge is 2.05. The topological polar surface area (TPSA) is 58.5 Å². The Morgan fingerprint density at radius 1 is 1.29 bits per heavy atom. The van der Waals surface area contributed by atoms with E-state index in [-0.39, 0.29) is 6.10 Å². The number of hydrogen-bond acceptors (Lipinski definition) is 4. The van der Waals surface area contributed by atoms with E-state index in [4.69, 9.17) is 4.74 Å². The fourth-order valence-electron chi connectivity index (χ4n) is 2.14. The molecule has 0 spiro atoms. The first-order chi connectivity index (χ1) is 11.7. The lowest BCUT2D eigenvalue weighted by molar-refractivity contribution is 0.230. The molecule has 1 unspecified atom stereocenters. The van der Waals surface area contributed by atoms with Gasteiger partial charge in [-0.1, -0.05) is 18.2 Å². The van der Waals surface area contributed by atoms with E-state index in [1.807, 2.05) is 43.5 Å². The molecule has 0 radical (unpaired) electrons. The molecule has 0 aliphatic rings. The fraction of sp³-hybridized carbons (Fsp3) is 0.444. The maximum Gasteiger partial charge on any atom is 0.191 e. The number of aliphatic imine (C=N–C) groups is 1. The van der Waals surface area contributed by atoms with Crippen LogP contribution < -0.4 is 15.4 Å². The maximum atomic E-state index is 5.85. The number of hydrogen-bond donors (Lipinski definition) is 2. The minimum absolute atomic E-state index is 0.0180. The Kier molecular flexibility index (Phi) is 7.55. The van der Waals surface area contributed by atoms with Crippen molar-refractivity contribution in [3.8, 4) is 5.75 Å². The van der Waals surface area contributed by atoms with Crippen LogP contribution in [0.2, 0.25) is 0 Å². The van der Waals surface area contributed by atoms with Gasteiger partial charge in [-0.3, -0.25) is 0 Å². The third-order valence-corrected chi connectivity index (χ3v) is 4.20. The standard InChI is InChI=1S/C18H26N4OS/c1-4-19-18(20-11-10-17-21-13-15(3)24-17)22-12-14(2)23-16-8-6-5-7-9-16/h5-9,13-14H,4,10-12H2,1-3H3,(H2,19,20,22). The average molecular weight is 347 g/mol. The van der Waals surface area contributed by atoms with Gasteiger partial charge >= 0.3 is 0 Å². The summed E-state index contributed by atoms with van der Waals surface area (Å²) in [7, 11) is 0. The molecule has 0 fully saturated rings. The number of thiazole rings is 1. The normalized spacial score (nSPS) is 12.7. The van der Waals surface area contributed by atoms with Gasteiger partial charge in [0.2, 0.25) is 0 Å². The summed E-state index contributed by atoms with van der Waals surface area (Å²) in [6, 6.07) is 9.83. The van der Waals surface area contributed by atoms with Gasteiger partial charge in [0.25, 0.3) is 0 Å². The highest BCUT2D eigenvalue weighted by molar-refractivity contribution is 7.11. The molecule has 24 heavy (non-hydrogen) atoms. The van der Waals surface area contributed by atoms with Gasteiger partial charge in [0, 0.05) is 30.6 Å². The molecule has 0 amide bonds. The van der Waals surface area contributed by atoms with Crippen LogP contribution in [0, 0.1) is 6.92 Å². The molecule has 2 N–H and O–H groups in total. The Balaban J connectivity index is 1.78. The van der Waals surface area contributed by atoms with Gasteiger partial charge in [-0.05, 0) is 32.9 Å². The van der Waals surface area contributed by atoms with Crippen molar-refractivity contribution in [2.45, 2.75) is 33.3 Å². The number of nitrogens with zero attached hydrogens (tertiary/aromatic N) is 2. The molecule has 1 aromatic heterocycles. The summed E-state index contributed by atoms with van der Waals surface area (Å²) in [5, 5.41) is 7.76. The zero-order valence-corrected chi connectivity index (χ0v) is 15.4. The first-order valence-corrected chi connectivity index (χ1v) is 9.14. The van der Waals surface area contributed by atoms with Crippen LogP contribution in [-0.2, 0) is 6.42 Å². The van der Waals surface area contributed by atoms with Gasteiger partial charge in [0.05, 0.1) is 11.6 Å². The SMILES string of the molecule is CCNC(=NCC(C)Oc1ccccc1)NCCc1ncc(C)s1. The lowest BCUT2D eigenvalue weighted by Crippen LogP contribution is -2.39. The third-order valence-electron chi connectivity index (χ3n) is 3.23. The maximum absolute atomic E-state index is 5.85. The second kappa shape index (κ2) is 9.93. The summed E-state index contributed by atoms with van der Waals surface area (Å²) in [5.74, 6) is 1.69. The van der Waals surface area contributed by atoms with Gasteiger partial charge in [-0.15, -0.1) is 11.3 Å². The summed E-state index contributed by atoms with van der Waals surface area (Å²) in [6.07, 6.45) is 2.84. The van der Waals surface area contributed by atoms with Gasteiger partial charge in [-0.25, -0.2) is 9.98 Å². The summed E-state index contributed by atoms with van der Waals surface area (Å²) in [6.45, 7) is 8.40. The van der Waals surface area contributed by atoms with E-state index in [2.05, 4.69) is 34.5 Å². The van der Waals surface area contributed by atoms with Gasteiger partial charge in [-0.2, -0.15) is 0 Å². The van der Waals surface area contributed by atoms with E-state index in [0.717, 1.165) is 36.2 Å². The predicted molar refractivity (Wildman–Crippen MR) is 101 cm³/mol. The van der Waals surface area contributed by atoms with Crippen LogP contribution in [0.15, 0.2) is 41.5 Å². The lowest BCUT2D eigenvalue weighted by Gasteiger charge is -2.15. The lowest BCUT2D eigenvalue weighted by atomic mass is 10.3. The number of aryl methyl sites for hydroxylation is 1. The van der Waals surface area contributed by atoms with Crippen molar-refractivity contribution in [2.75, 3.05) is 19.6 Å². The first-order valence-electron chi connectivity index (χ1n) is 8.32. The zero-order chi connectivity index (χ0) is 17.2. The van der Waals surface area contributed by atoms with E-state index < -0.39 is 0 Å². The van der Waals surface area contributed by atoms with Gasteiger partial charge in [0.1, 0.15) is 11.9 Å². The number of para-hydroxylation sites is 1. The van der Waals surface area contributed by atoms with E-state index >= 15 is 0 Å². The van der Waals surface area contributed by atoms with Crippen LogP contribution in [-0.4, -0.2) is 36.7 Å². The molecule has 6 heteroatoms. The smallest absolute Gasteiger partial charge is 0.191 e. The molecule has 2 aromatic rings. The van der Waals surface area contributed by atoms with Crippen molar-refractivity contribution in [3.05, 3.63) is 46.4 Å². The largest absolute Gasteiger partial charge is 0.489 e. The third kappa shape index (κ3) is 6.58. The van der Waals surface area contributed by atoms with E-state index in [0.29, 0.717) is 6.54 Å². The van der Waals surface area contributed by atoms with E-state index in [1.54, 1.807) is 11.3 Å². The zero-order valence-electron chi connectivity index (χ0n) is 14.6. The molecular weight excluding hydrogens is 320 g/mol. The molecule has 0 bridgehead atoms. The Morgan fingerprint density at radius 2 is 2.08 bits per heavy atom. The van der Waals surface area contributed by atoms with Crippen molar-refractivity contribution < 1.29 is 4.74 Å². The van der Waals surface area contributed by atoms with Crippen molar-refractivity contribution in [1.29, 1.82) is 0 Å². The molecule has 5 nitrogen and oxygen atoms in total. The van der Waals surface area contributed by atoms with E-state index in [1.165, 1.54) is 4.88 Å². The molecule has 1 atom stereocenters. The second-order valence-electron chi connectivity index (χ2n) is 5.50. The Labute approximate surface area is 148 Å². The van der Waals surface area contributed by atoms with Crippen molar-refractivity contribution in [1.82, 2.24) is 15.6 Å². The Morgan fingerprint density at radius 3 is 2.75 bits per heavy atom. The van der Waals surface area contributed by atoms with Crippen LogP contribution in [0.1, 0.15) is 23.7 Å². The minimum Gasteiger partial charge on any atom is -0.489 e. The summed E-state index contributed by atoms with van der Waals surface area (Å²) in [4.78, 5) is 10.2. The Bertz CT molecular complexity index is 627. The number of benzene rings is 1. The first kappa shape index (κ1) is 18.3. The molecule has 1 heterocycles. The number of ether oxygens (including phenoxy) is 1. The molecule has 0 saturated heterocycles. The molecule has 0 aliphatic heterocycles. The highest BCUT2D eigenvalue weighted by atomic mass is 32.1. The summed E-state index contributed by atoms with van der Waals surface area (Å²) in [5.41, 5.74) is 0. The van der Waals surface area contributed by atoms with E-state index in [9.17, 15) is 0 Å². The fourth-order valence-corrected chi connectivity index (χ4v) is 2.92. The molecule has 2 rings (SSSR count). The molecule has 0 aliphatic carbocycles. The predicted octanol–water partition coefficient (Wildman–Crippen LogP) is 3.02. The molecule has 1 aromatic carbocycles. The highest BCUT2D eigenvalue weighted by Crippen LogP contribution is 2.11. The molecule has 130 valence electrons. The van der Waals surface area contributed by atoms with Crippen LogP contribution >= 0.6 is 11.3 Å².